The molecule has 0 bridgehead atoms. The fraction of sp³-hybridized carbons (Fsp3) is 0.471. The van der Waals surface area contributed by atoms with Gasteiger partial charge in [-0.2, -0.15) is 5.10 Å². The average Bonchev–Trinajstić information content (AvgIpc) is 3.44. The number of rotatable bonds is 15. The Labute approximate surface area is 266 Å². The van der Waals surface area contributed by atoms with Gasteiger partial charge in [-0.1, -0.05) is 33.8 Å². The minimum atomic E-state index is -1.11. The zero-order valence-corrected chi connectivity index (χ0v) is 27.9. The lowest BCUT2D eigenvalue weighted by Crippen LogP contribution is -2.41. The van der Waals surface area contributed by atoms with Gasteiger partial charge in [-0.05, 0) is 87.3 Å². The fourth-order valence-corrected chi connectivity index (χ4v) is 5.17. The van der Waals surface area contributed by atoms with Gasteiger partial charge < -0.3 is 29.7 Å². The molecule has 11 nitrogen and oxygen atoms in total. The number of carbonyl (C=O) groups excluding carboxylic acids is 2. The van der Waals surface area contributed by atoms with Gasteiger partial charge in [-0.3, -0.25) is 9.59 Å². The third-order valence-corrected chi connectivity index (χ3v) is 7.51. The van der Waals surface area contributed by atoms with Crippen molar-refractivity contribution in [2.45, 2.75) is 52.5 Å². The van der Waals surface area contributed by atoms with Crippen LogP contribution in [-0.4, -0.2) is 97.0 Å². The number of aromatic nitrogens is 2. The van der Waals surface area contributed by atoms with Gasteiger partial charge in [0.25, 0.3) is 11.8 Å². The molecule has 1 atom stereocenters. The third kappa shape index (κ3) is 8.63. The van der Waals surface area contributed by atoms with E-state index < -0.39 is 17.9 Å². The fourth-order valence-electron chi connectivity index (χ4n) is 5.17. The van der Waals surface area contributed by atoms with Gasteiger partial charge in [0.15, 0.2) is 5.69 Å². The number of hydrogen-bond acceptors (Lipinski definition) is 7. The maximum Gasteiger partial charge on any atom is 0.326 e. The van der Waals surface area contributed by atoms with Crippen LogP contribution < -0.4 is 14.8 Å². The van der Waals surface area contributed by atoms with E-state index in [9.17, 15) is 19.5 Å². The Bertz CT molecular complexity index is 1470. The molecule has 3 aromatic rings. The van der Waals surface area contributed by atoms with Crippen molar-refractivity contribution < 1.29 is 29.0 Å². The van der Waals surface area contributed by atoms with Crippen LogP contribution in [0.15, 0.2) is 42.5 Å². The predicted molar refractivity (Wildman–Crippen MR) is 175 cm³/mol. The number of carboxylic acid groups (broad SMARTS) is 1. The number of aliphatic carboxylic acids is 1. The molecule has 0 aliphatic carbocycles. The van der Waals surface area contributed by atoms with E-state index in [0.29, 0.717) is 40.6 Å². The van der Waals surface area contributed by atoms with E-state index in [1.54, 1.807) is 61.2 Å². The first kappa shape index (κ1) is 35.1. The summed E-state index contributed by atoms with van der Waals surface area (Å²) in [6.45, 7) is 9.34. The molecule has 0 saturated heterocycles. The summed E-state index contributed by atoms with van der Waals surface area (Å²) in [5.41, 5.74) is 3.16. The molecule has 0 aliphatic rings. The topological polar surface area (TPSA) is 126 Å². The lowest BCUT2D eigenvalue weighted by Gasteiger charge is -2.21. The molecule has 45 heavy (non-hydrogen) atoms. The molecule has 0 unspecified atom stereocenters. The molecule has 2 N–H and O–H groups in total. The highest BCUT2D eigenvalue weighted by atomic mass is 16.5. The lowest BCUT2D eigenvalue weighted by atomic mass is 9.97. The molecule has 0 spiro atoms. The minimum Gasteiger partial charge on any atom is -0.496 e. The Morgan fingerprint density at radius 3 is 2.13 bits per heavy atom. The van der Waals surface area contributed by atoms with Crippen LogP contribution in [0.2, 0.25) is 0 Å². The summed E-state index contributed by atoms with van der Waals surface area (Å²) in [4.78, 5) is 42.6. The second-order valence-corrected chi connectivity index (χ2v) is 12.2. The third-order valence-electron chi connectivity index (χ3n) is 7.51. The first-order valence-corrected chi connectivity index (χ1v) is 15.2. The van der Waals surface area contributed by atoms with Gasteiger partial charge in [-0.25, -0.2) is 9.48 Å². The van der Waals surface area contributed by atoms with Crippen LogP contribution in [-0.2, 0) is 4.79 Å². The van der Waals surface area contributed by atoms with Crippen molar-refractivity contribution in [3.63, 3.8) is 0 Å². The first-order chi connectivity index (χ1) is 21.3. The van der Waals surface area contributed by atoms with Crippen molar-refractivity contribution in [1.29, 1.82) is 0 Å². The summed E-state index contributed by atoms with van der Waals surface area (Å²) in [6.07, 6.45) is 1.12. The minimum absolute atomic E-state index is 0.0110. The second-order valence-electron chi connectivity index (χ2n) is 12.2. The van der Waals surface area contributed by atoms with Crippen LogP contribution in [0, 0.1) is 5.92 Å². The molecule has 0 saturated carbocycles. The van der Waals surface area contributed by atoms with E-state index in [1.807, 2.05) is 53.9 Å². The number of ether oxygens (including phenoxy) is 2. The Kier molecular flexibility index (Phi) is 12.1. The highest BCUT2D eigenvalue weighted by molar-refractivity contribution is 5.97. The summed E-state index contributed by atoms with van der Waals surface area (Å²) in [6, 6.07) is 11.4. The standard InChI is InChI=1S/C34H47N5O6/c1-21(2)18-26(34(42)43)35-32(40)25-20-28(31-29(44-8)12-10-13-30(31)45-9)39(36-25)27-15-14-23(19-24(27)22(3)4)33(41)38(7)17-11-16-37(5)6/h10,12-15,19-22,26H,11,16-18H2,1-9H3,(H,35,40)(H,42,43)/t26-/m0/s1. The van der Waals surface area contributed by atoms with Gasteiger partial charge in [0.1, 0.15) is 17.5 Å². The van der Waals surface area contributed by atoms with Crippen LogP contribution in [0.3, 0.4) is 0 Å². The predicted octanol–water partition coefficient (Wildman–Crippen LogP) is 4.93. The number of amides is 2. The Morgan fingerprint density at radius 1 is 0.956 bits per heavy atom. The van der Waals surface area contributed by atoms with Gasteiger partial charge in [0.05, 0.1) is 31.2 Å². The number of benzene rings is 2. The zero-order chi connectivity index (χ0) is 33.4. The van der Waals surface area contributed by atoms with E-state index in [1.165, 1.54) is 0 Å². The molecular weight excluding hydrogens is 574 g/mol. The second kappa shape index (κ2) is 15.6. The normalized spacial score (nSPS) is 12.0. The summed E-state index contributed by atoms with van der Waals surface area (Å²) in [7, 11) is 8.90. The summed E-state index contributed by atoms with van der Waals surface area (Å²) in [5, 5.41) is 17.1. The SMILES string of the molecule is COc1cccc(OC)c1-c1cc(C(=O)N[C@@H](CC(C)C)C(=O)O)nn1-c1ccc(C(=O)N(C)CCCN(C)C)cc1C(C)C. The number of carboxylic acids is 1. The molecule has 244 valence electrons. The monoisotopic (exact) mass is 621 g/mol. The summed E-state index contributed by atoms with van der Waals surface area (Å²) >= 11 is 0. The zero-order valence-electron chi connectivity index (χ0n) is 27.9. The van der Waals surface area contributed by atoms with Gasteiger partial charge in [0.2, 0.25) is 0 Å². The van der Waals surface area contributed by atoms with Crippen LogP contribution in [0.4, 0.5) is 0 Å². The van der Waals surface area contributed by atoms with E-state index in [-0.39, 0.29) is 29.9 Å². The van der Waals surface area contributed by atoms with E-state index >= 15 is 0 Å². The quantitative estimate of drug-likeness (QED) is 0.245. The number of nitrogens with zero attached hydrogens (tertiary/aromatic N) is 4. The highest BCUT2D eigenvalue weighted by Crippen LogP contribution is 2.40. The molecule has 0 fully saturated rings. The largest absolute Gasteiger partial charge is 0.496 e. The van der Waals surface area contributed by atoms with Gasteiger partial charge >= 0.3 is 5.97 Å². The molecule has 1 aromatic heterocycles. The summed E-state index contributed by atoms with van der Waals surface area (Å²) in [5.74, 6) is -0.765. The lowest BCUT2D eigenvalue weighted by molar-refractivity contribution is -0.139. The molecule has 3 rings (SSSR count). The Hall–Kier alpha value is -4.38. The average molecular weight is 622 g/mol. The molecule has 2 amide bonds. The molecule has 1 heterocycles. The number of hydrogen-bond donors (Lipinski definition) is 2. The first-order valence-electron chi connectivity index (χ1n) is 15.2. The van der Waals surface area contributed by atoms with E-state index in [4.69, 9.17) is 14.6 Å². The van der Waals surface area contributed by atoms with Crippen molar-refractivity contribution in [3.05, 3.63) is 59.3 Å². The maximum atomic E-state index is 13.5. The van der Waals surface area contributed by atoms with Crippen LogP contribution in [0.1, 0.15) is 72.9 Å². The molecule has 2 aromatic carbocycles. The Morgan fingerprint density at radius 2 is 1.60 bits per heavy atom. The number of carbonyl (C=O) groups is 3. The molecule has 11 heteroatoms. The van der Waals surface area contributed by atoms with E-state index in [2.05, 4.69) is 10.2 Å². The maximum absolute atomic E-state index is 13.5. The van der Waals surface area contributed by atoms with Crippen LogP contribution in [0.5, 0.6) is 11.5 Å². The van der Waals surface area contributed by atoms with Gasteiger partial charge in [-0.15, -0.1) is 0 Å². The summed E-state index contributed by atoms with van der Waals surface area (Å²) < 4.78 is 13.0. The van der Waals surface area contributed by atoms with Crippen molar-refractivity contribution in [2.75, 3.05) is 48.5 Å². The molecule has 0 aliphatic heterocycles. The Balaban J connectivity index is 2.18. The van der Waals surface area contributed by atoms with Crippen LogP contribution >= 0.6 is 0 Å². The van der Waals surface area contributed by atoms with Gasteiger partial charge in [0, 0.05) is 19.2 Å². The highest BCUT2D eigenvalue weighted by Gasteiger charge is 2.27. The van der Waals surface area contributed by atoms with Crippen LogP contribution in [0.25, 0.3) is 16.9 Å². The number of nitrogens with one attached hydrogen (secondary N) is 1. The van der Waals surface area contributed by atoms with E-state index in [0.717, 1.165) is 18.5 Å². The smallest absolute Gasteiger partial charge is 0.326 e. The molecule has 0 radical (unpaired) electrons. The molecular formula is C34H47N5O6. The van der Waals surface area contributed by atoms with Crippen molar-refractivity contribution >= 4 is 17.8 Å². The number of methoxy groups -OCH3 is 2. The van der Waals surface area contributed by atoms with Crippen molar-refractivity contribution in [2.24, 2.45) is 5.92 Å². The van der Waals surface area contributed by atoms with Crippen molar-refractivity contribution in [3.8, 4) is 28.4 Å². The van der Waals surface area contributed by atoms with Crippen molar-refractivity contribution in [1.82, 2.24) is 24.9 Å².